The van der Waals surface area contributed by atoms with Crippen LogP contribution < -0.4 is 10.0 Å². The highest BCUT2D eigenvalue weighted by Gasteiger charge is 2.19. The molecule has 0 aliphatic rings. The average molecular weight is 496 g/mol. The molecule has 11 heteroatoms. The summed E-state index contributed by atoms with van der Waals surface area (Å²) in [5, 5.41) is 9.75. The van der Waals surface area contributed by atoms with Gasteiger partial charge in [0, 0.05) is 22.2 Å². The van der Waals surface area contributed by atoms with E-state index in [0.717, 1.165) is 21.3 Å². The number of thiophene rings is 1. The lowest BCUT2D eigenvalue weighted by molar-refractivity contribution is 0.430. The van der Waals surface area contributed by atoms with Crippen molar-refractivity contribution < 1.29 is 17.3 Å². The van der Waals surface area contributed by atoms with Crippen LogP contribution in [0.1, 0.15) is 11.3 Å². The van der Waals surface area contributed by atoms with Gasteiger partial charge in [0.25, 0.3) is 10.0 Å². The van der Waals surface area contributed by atoms with E-state index in [2.05, 4.69) is 25.2 Å². The van der Waals surface area contributed by atoms with Gasteiger partial charge in [-0.1, -0.05) is 17.3 Å². The summed E-state index contributed by atoms with van der Waals surface area (Å²) in [5.41, 5.74) is 3.60. The molecule has 0 saturated carbocycles. The van der Waals surface area contributed by atoms with Crippen LogP contribution in [0.4, 0.5) is 21.8 Å². The second kappa shape index (κ2) is 8.50. The number of rotatable bonds is 6. The Bertz CT molecular complexity index is 1590. The number of nitrogens with one attached hydrogen (secondary N) is 2. The van der Waals surface area contributed by atoms with Crippen molar-refractivity contribution in [2.45, 2.75) is 18.7 Å². The van der Waals surface area contributed by atoms with Crippen molar-refractivity contribution >= 4 is 49.0 Å². The van der Waals surface area contributed by atoms with Crippen LogP contribution in [0.25, 0.3) is 21.3 Å². The second-order valence-corrected chi connectivity index (χ2v) is 10.1. The zero-order chi connectivity index (χ0) is 23.9. The Kier molecular flexibility index (Phi) is 5.50. The van der Waals surface area contributed by atoms with Crippen molar-refractivity contribution in [2.24, 2.45) is 0 Å². The minimum Gasteiger partial charge on any atom is -0.340 e. The van der Waals surface area contributed by atoms with Crippen molar-refractivity contribution in [3.8, 4) is 11.1 Å². The lowest BCUT2D eigenvalue weighted by Gasteiger charge is -2.10. The topological polar surface area (TPSA) is 110 Å². The standard InChI is InChI=1S/C23H18FN5O3S2/c1-13-14(2)28-32-22(13)29-34(30,31)18-9-7-17(8-10-18)27-21-20-19(11-33-23(20)26-12-25-21)15-3-5-16(24)6-4-15/h3-12,29H,1-2H3,(H,25,26,27). The van der Waals surface area contributed by atoms with Crippen LogP contribution in [0.3, 0.4) is 0 Å². The normalized spacial score (nSPS) is 11.6. The van der Waals surface area contributed by atoms with E-state index in [4.69, 9.17) is 4.52 Å². The number of hydrogen-bond acceptors (Lipinski definition) is 8. The van der Waals surface area contributed by atoms with E-state index in [9.17, 15) is 12.8 Å². The lowest BCUT2D eigenvalue weighted by atomic mass is 10.1. The zero-order valence-corrected chi connectivity index (χ0v) is 19.7. The van der Waals surface area contributed by atoms with Crippen molar-refractivity contribution in [1.29, 1.82) is 0 Å². The van der Waals surface area contributed by atoms with Gasteiger partial charge in [-0.05, 0) is 55.8 Å². The molecule has 8 nitrogen and oxygen atoms in total. The van der Waals surface area contributed by atoms with E-state index in [1.165, 1.54) is 41.9 Å². The van der Waals surface area contributed by atoms with Crippen LogP contribution >= 0.6 is 11.3 Å². The van der Waals surface area contributed by atoms with Gasteiger partial charge in [-0.3, -0.25) is 0 Å². The number of nitrogens with zero attached hydrogens (tertiary/aromatic N) is 3. The van der Waals surface area contributed by atoms with E-state index in [1.54, 1.807) is 38.1 Å². The Morgan fingerprint density at radius 2 is 1.74 bits per heavy atom. The highest BCUT2D eigenvalue weighted by Crippen LogP contribution is 2.37. The molecule has 0 unspecified atom stereocenters. The molecular weight excluding hydrogens is 477 g/mol. The maximum atomic E-state index is 13.4. The largest absolute Gasteiger partial charge is 0.340 e. The molecule has 0 radical (unpaired) electrons. The number of benzene rings is 2. The quantitative estimate of drug-likeness (QED) is 0.313. The molecule has 172 valence electrons. The monoisotopic (exact) mass is 495 g/mol. The van der Waals surface area contributed by atoms with Gasteiger partial charge >= 0.3 is 0 Å². The van der Waals surface area contributed by atoms with Gasteiger partial charge in [-0.15, -0.1) is 11.3 Å². The van der Waals surface area contributed by atoms with E-state index in [1.807, 2.05) is 5.38 Å². The molecule has 3 heterocycles. The van der Waals surface area contributed by atoms with Gasteiger partial charge in [0.2, 0.25) is 5.88 Å². The van der Waals surface area contributed by atoms with E-state index < -0.39 is 10.0 Å². The van der Waals surface area contributed by atoms with Gasteiger partial charge in [0.15, 0.2) is 0 Å². The van der Waals surface area contributed by atoms with E-state index >= 15 is 0 Å². The lowest BCUT2D eigenvalue weighted by Crippen LogP contribution is -2.13. The SMILES string of the molecule is Cc1noc(NS(=O)(=O)c2ccc(Nc3ncnc4scc(-c5ccc(F)cc5)c34)cc2)c1C. The maximum Gasteiger partial charge on any atom is 0.264 e. The number of anilines is 3. The maximum absolute atomic E-state index is 13.4. The first-order valence-electron chi connectivity index (χ1n) is 10.1. The first-order chi connectivity index (χ1) is 16.3. The molecule has 0 saturated heterocycles. The smallest absolute Gasteiger partial charge is 0.264 e. The fraction of sp³-hybridized carbons (Fsp3) is 0.0870. The number of fused-ring (bicyclic) bond motifs is 1. The Labute approximate surface area is 198 Å². The Hall–Kier alpha value is -3.83. The van der Waals surface area contributed by atoms with Crippen molar-refractivity contribution in [3.05, 3.63) is 77.3 Å². The molecule has 0 bridgehead atoms. The molecule has 0 spiro atoms. The van der Waals surface area contributed by atoms with Crippen LogP contribution in [-0.4, -0.2) is 23.5 Å². The van der Waals surface area contributed by atoms with E-state index in [-0.39, 0.29) is 16.6 Å². The van der Waals surface area contributed by atoms with Crippen molar-refractivity contribution in [2.75, 3.05) is 10.0 Å². The van der Waals surface area contributed by atoms with Crippen LogP contribution in [0.15, 0.2) is 69.7 Å². The number of hydrogen-bond donors (Lipinski definition) is 2. The van der Waals surface area contributed by atoms with Crippen LogP contribution in [-0.2, 0) is 10.0 Å². The average Bonchev–Trinajstić information content (AvgIpc) is 3.39. The molecule has 5 aromatic rings. The summed E-state index contributed by atoms with van der Waals surface area (Å²) in [7, 11) is -3.85. The molecule has 3 aromatic heterocycles. The summed E-state index contributed by atoms with van der Waals surface area (Å²) in [4.78, 5) is 9.56. The van der Waals surface area contributed by atoms with Crippen LogP contribution in [0.5, 0.6) is 0 Å². The summed E-state index contributed by atoms with van der Waals surface area (Å²) in [6.45, 7) is 3.46. The highest BCUT2D eigenvalue weighted by molar-refractivity contribution is 7.92. The third-order valence-corrected chi connectivity index (χ3v) is 7.57. The molecule has 0 fully saturated rings. The summed E-state index contributed by atoms with van der Waals surface area (Å²) in [6.07, 6.45) is 1.46. The summed E-state index contributed by atoms with van der Waals surface area (Å²) < 4.78 is 46.3. The molecular formula is C23H18FN5O3S2. The molecule has 0 amide bonds. The number of aryl methyl sites for hydroxylation is 1. The van der Waals surface area contributed by atoms with Gasteiger partial charge in [0.1, 0.15) is 22.8 Å². The predicted molar refractivity (Wildman–Crippen MR) is 129 cm³/mol. The van der Waals surface area contributed by atoms with Crippen LogP contribution in [0, 0.1) is 19.7 Å². The molecule has 2 N–H and O–H groups in total. The van der Waals surface area contributed by atoms with Crippen LogP contribution in [0.2, 0.25) is 0 Å². The summed E-state index contributed by atoms with van der Waals surface area (Å²) in [5.74, 6) is 0.344. The molecule has 0 aliphatic heterocycles. The first-order valence-corrected chi connectivity index (χ1v) is 12.5. The van der Waals surface area contributed by atoms with Gasteiger partial charge < -0.3 is 9.84 Å². The fourth-order valence-electron chi connectivity index (χ4n) is 3.36. The Morgan fingerprint density at radius 3 is 2.41 bits per heavy atom. The minimum atomic E-state index is -3.85. The third-order valence-electron chi connectivity index (χ3n) is 5.34. The molecule has 34 heavy (non-hydrogen) atoms. The molecule has 0 aliphatic carbocycles. The number of aromatic nitrogens is 3. The first kappa shape index (κ1) is 22.0. The molecule has 5 rings (SSSR count). The second-order valence-electron chi connectivity index (χ2n) is 7.54. The zero-order valence-electron chi connectivity index (χ0n) is 18.0. The number of sulfonamides is 1. The fourth-order valence-corrected chi connectivity index (χ4v) is 5.32. The Morgan fingerprint density at radius 1 is 1.00 bits per heavy atom. The number of halogens is 1. The highest BCUT2D eigenvalue weighted by atomic mass is 32.2. The van der Waals surface area contributed by atoms with Crippen molar-refractivity contribution in [1.82, 2.24) is 15.1 Å². The van der Waals surface area contributed by atoms with Gasteiger partial charge in [-0.2, -0.15) is 0 Å². The van der Waals surface area contributed by atoms with Gasteiger partial charge in [0.05, 0.1) is 16.0 Å². The van der Waals surface area contributed by atoms with Crippen molar-refractivity contribution in [3.63, 3.8) is 0 Å². The van der Waals surface area contributed by atoms with Gasteiger partial charge in [-0.25, -0.2) is 27.5 Å². The molecule has 2 aromatic carbocycles. The summed E-state index contributed by atoms with van der Waals surface area (Å²) >= 11 is 1.46. The predicted octanol–water partition coefficient (Wildman–Crippen LogP) is 5.65. The third kappa shape index (κ3) is 4.11. The minimum absolute atomic E-state index is 0.0712. The summed E-state index contributed by atoms with van der Waals surface area (Å²) in [6, 6.07) is 12.5. The molecule has 0 atom stereocenters. The Balaban J connectivity index is 1.43. The van der Waals surface area contributed by atoms with E-state index in [0.29, 0.717) is 22.8 Å².